The molecule has 0 amide bonds. The van der Waals surface area contributed by atoms with Crippen molar-refractivity contribution in [2.24, 2.45) is 5.41 Å². The molecule has 1 aromatic rings. The highest BCUT2D eigenvalue weighted by atomic mass is 19.4. The van der Waals surface area contributed by atoms with E-state index in [-0.39, 0.29) is 0 Å². The second-order valence-corrected chi connectivity index (χ2v) is 10.9. The predicted octanol–water partition coefficient (Wildman–Crippen LogP) is 10.3. The zero-order chi connectivity index (χ0) is 24.0. The highest BCUT2D eigenvalue weighted by Gasteiger charge is 2.41. The fraction of sp³-hybridized carbons (Fsp3) is 0.786. The highest BCUT2D eigenvalue weighted by Crippen LogP contribution is 2.48. The molecular formula is C28H41F5. The topological polar surface area (TPSA) is 0 Å². The van der Waals surface area contributed by atoms with Crippen LogP contribution >= 0.6 is 0 Å². The highest BCUT2D eigenvalue weighted by molar-refractivity contribution is 5.34. The van der Waals surface area contributed by atoms with Crippen LogP contribution in [0.15, 0.2) is 12.1 Å². The molecule has 0 unspecified atom stereocenters. The van der Waals surface area contributed by atoms with Crippen LogP contribution in [-0.4, -0.2) is 0 Å². The van der Waals surface area contributed by atoms with Crippen LogP contribution in [0, 0.1) is 17.0 Å². The van der Waals surface area contributed by atoms with Crippen LogP contribution in [0.1, 0.15) is 134 Å². The first kappa shape index (κ1) is 26.5. The van der Waals surface area contributed by atoms with E-state index in [1.165, 1.54) is 64.2 Å². The Bertz CT molecular complexity index is 716. The predicted molar refractivity (Wildman–Crippen MR) is 124 cm³/mol. The molecule has 1 aromatic carbocycles. The fourth-order valence-corrected chi connectivity index (χ4v) is 6.70. The van der Waals surface area contributed by atoms with Gasteiger partial charge >= 0.3 is 6.18 Å². The van der Waals surface area contributed by atoms with Gasteiger partial charge in [0.25, 0.3) is 0 Å². The summed E-state index contributed by atoms with van der Waals surface area (Å²) in [5.74, 6) is -2.95. The molecule has 3 rings (SSSR count). The first-order valence-corrected chi connectivity index (χ1v) is 13.3. The Morgan fingerprint density at radius 2 is 1.18 bits per heavy atom. The largest absolute Gasteiger partial charge is 0.422 e. The molecule has 5 heteroatoms. The summed E-state index contributed by atoms with van der Waals surface area (Å²) in [6, 6.07) is 1.95. The summed E-state index contributed by atoms with van der Waals surface area (Å²) in [7, 11) is 0. The Morgan fingerprint density at radius 1 is 0.697 bits per heavy atom. The van der Waals surface area contributed by atoms with Gasteiger partial charge in [-0.3, -0.25) is 0 Å². The van der Waals surface area contributed by atoms with Gasteiger partial charge in [0.2, 0.25) is 0 Å². The number of halogens is 5. The molecule has 33 heavy (non-hydrogen) atoms. The lowest BCUT2D eigenvalue weighted by molar-refractivity contribution is -0.142. The average Bonchev–Trinajstić information content (AvgIpc) is 2.77. The van der Waals surface area contributed by atoms with Gasteiger partial charge in [0.1, 0.15) is 17.2 Å². The smallest absolute Gasteiger partial charge is 0.206 e. The minimum atomic E-state index is -5.02. The molecule has 0 atom stereocenters. The molecule has 2 saturated carbocycles. The third-order valence-corrected chi connectivity index (χ3v) is 8.59. The van der Waals surface area contributed by atoms with Gasteiger partial charge in [-0.25, -0.2) is 8.78 Å². The Morgan fingerprint density at radius 3 is 1.70 bits per heavy atom. The summed E-state index contributed by atoms with van der Waals surface area (Å²) in [5, 5.41) is 0. The molecular weight excluding hydrogens is 431 g/mol. The normalized spacial score (nSPS) is 20.7. The summed E-state index contributed by atoms with van der Waals surface area (Å²) in [4.78, 5) is 0. The molecule has 0 bridgehead atoms. The van der Waals surface area contributed by atoms with Crippen molar-refractivity contribution in [3.05, 3.63) is 34.9 Å². The van der Waals surface area contributed by atoms with Crippen molar-refractivity contribution in [3.63, 3.8) is 0 Å². The minimum absolute atomic E-state index is 0.397. The van der Waals surface area contributed by atoms with Crippen molar-refractivity contribution in [1.82, 2.24) is 0 Å². The van der Waals surface area contributed by atoms with Crippen molar-refractivity contribution in [2.45, 2.75) is 134 Å². The van der Waals surface area contributed by atoms with E-state index in [9.17, 15) is 22.0 Å². The number of unbranched alkanes of at least 4 members (excludes halogenated alkanes) is 3. The summed E-state index contributed by atoms with van der Waals surface area (Å²) in [5.41, 5.74) is -1.27. The van der Waals surface area contributed by atoms with Gasteiger partial charge in [-0.1, -0.05) is 77.6 Å². The zero-order valence-corrected chi connectivity index (χ0v) is 20.3. The van der Waals surface area contributed by atoms with Crippen LogP contribution in [0.25, 0.3) is 0 Å². The molecule has 2 aliphatic carbocycles. The maximum absolute atomic E-state index is 14.4. The van der Waals surface area contributed by atoms with Crippen molar-refractivity contribution >= 4 is 0 Å². The number of hydrogen-bond donors (Lipinski definition) is 0. The SMILES string of the molecule is CCCCCC1(CCCCC2(c3cc(F)c(C(F)(F)F)c(F)c3)CCCCC2)CCCCC1. The number of benzene rings is 1. The van der Waals surface area contributed by atoms with Crippen LogP contribution < -0.4 is 0 Å². The molecule has 0 saturated heterocycles. The summed E-state index contributed by atoms with van der Waals surface area (Å²) < 4.78 is 68.0. The first-order chi connectivity index (χ1) is 15.7. The average molecular weight is 473 g/mol. The number of alkyl halides is 3. The van der Waals surface area contributed by atoms with Gasteiger partial charge in [0, 0.05) is 0 Å². The van der Waals surface area contributed by atoms with Crippen LogP contribution in [0.4, 0.5) is 22.0 Å². The van der Waals surface area contributed by atoms with Gasteiger partial charge in [-0.05, 0) is 73.5 Å². The van der Waals surface area contributed by atoms with Crippen LogP contribution in [0.5, 0.6) is 0 Å². The lowest BCUT2D eigenvalue weighted by Crippen LogP contribution is -2.30. The van der Waals surface area contributed by atoms with Crippen molar-refractivity contribution in [2.75, 3.05) is 0 Å². The number of rotatable bonds is 10. The van der Waals surface area contributed by atoms with Gasteiger partial charge < -0.3 is 0 Å². The van der Waals surface area contributed by atoms with E-state index in [0.29, 0.717) is 11.0 Å². The van der Waals surface area contributed by atoms with E-state index in [1.54, 1.807) is 0 Å². The molecule has 0 N–H and O–H groups in total. The molecule has 0 aliphatic heterocycles. The van der Waals surface area contributed by atoms with Crippen LogP contribution in [0.2, 0.25) is 0 Å². The molecule has 2 aliphatic rings. The third-order valence-electron chi connectivity index (χ3n) is 8.59. The quantitative estimate of drug-likeness (QED) is 0.235. The van der Waals surface area contributed by atoms with E-state index in [0.717, 1.165) is 63.5 Å². The third kappa shape index (κ3) is 6.72. The standard InChI is InChI=1S/C28H41F5/c1-2-3-6-13-26(14-7-4-8-15-26)16-11-12-19-27(17-9-5-10-18-27)22-20-23(29)25(24(30)21-22)28(31,32)33/h20-21H,2-19H2,1H3. The van der Waals surface area contributed by atoms with Crippen molar-refractivity contribution in [3.8, 4) is 0 Å². The first-order valence-electron chi connectivity index (χ1n) is 13.3. The Hall–Kier alpha value is -1.13. The molecule has 0 spiro atoms. The summed E-state index contributed by atoms with van der Waals surface area (Å²) in [6.07, 6.45) is 15.4. The van der Waals surface area contributed by atoms with Gasteiger partial charge in [-0.15, -0.1) is 0 Å². The molecule has 0 aromatic heterocycles. The Kier molecular flexibility index (Phi) is 9.25. The Labute approximate surface area is 196 Å². The number of hydrogen-bond acceptors (Lipinski definition) is 0. The van der Waals surface area contributed by atoms with Crippen molar-refractivity contribution < 1.29 is 22.0 Å². The van der Waals surface area contributed by atoms with Crippen LogP contribution in [-0.2, 0) is 11.6 Å². The molecule has 0 heterocycles. The van der Waals surface area contributed by atoms with Gasteiger partial charge in [0.05, 0.1) is 0 Å². The monoisotopic (exact) mass is 472 g/mol. The lowest BCUT2D eigenvalue weighted by atomic mass is 9.65. The zero-order valence-electron chi connectivity index (χ0n) is 20.3. The fourth-order valence-electron chi connectivity index (χ4n) is 6.70. The molecule has 2 fully saturated rings. The summed E-state index contributed by atoms with van der Waals surface area (Å²) in [6.45, 7) is 2.24. The van der Waals surface area contributed by atoms with Gasteiger partial charge in [-0.2, -0.15) is 13.2 Å². The summed E-state index contributed by atoms with van der Waals surface area (Å²) >= 11 is 0. The van der Waals surface area contributed by atoms with E-state index >= 15 is 0 Å². The second kappa shape index (κ2) is 11.5. The maximum atomic E-state index is 14.4. The lowest BCUT2D eigenvalue weighted by Gasteiger charge is -2.40. The molecule has 0 nitrogen and oxygen atoms in total. The Balaban J connectivity index is 1.70. The van der Waals surface area contributed by atoms with E-state index in [1.807, 2.05) is 0 Å². The van der Waals surface area contributed by atoms with Gasteiger partial charge in [0.15, 0.2) is 0 Å². The molecule has 0 radical (unpaired) electrons. The van der Waals surface area contributed by atoms with E-state index in [2.05, 4.69) is 6.92 Å². The maximum Gasteiger partial charge on any atom is 0.422 e. The van der Waals surface area contributed by atoms with E-state index < -0.39 is 28.8 Å². The van der Waals surface area contributed by atoms with E-state index in [4.69, 9.17) is 0 Å². The second-order valence-electron chi connectivity index (χ2n) is 10.9. The molecule has 188 valence electrons. The van der Waals surface area contributed by atoms with Crippen LogP contribution in [0.3, 0.4) is 0 Å². The minimum Gasteiger partial charge on any atom is -0.206 e. The van der Waals surface area contributed by atoms with Crippen molar-refractivity contribution in [1.29, 1.82) is 0 Å².